The molecule has 0 aliphatic rings. The Morgan fingerprint density at radius 2 is 1.57 bits per heavy atom. The summed E-state index contributed by atoms with van der Waals surface area (Å²) in [5, 5.41) is 2.85. The summed E-state index contributed by atoms with van der Waals surface area (Å²) in [5.74, 6) is 1.02. The van der Waals surface area contributed by atoms with E-state index in [9.17, 15) is 13.2 Å². The molecule has 8 heteroatoms. The number of hydrogen-bond acceptors (Lipinski definition) is 5. The summed E-state index contributed by atoms with van der Waals surface area (Å²) in [6.45, 7) is 6.62. The number of anilines is 1. The van der Waals surface area contributed by atoms with Crippen LogP contribution >= 0.6 is 0 Å². The second-order valence-corrected chi connectivity index (χ2v) is 8.81. The Kier molecular flexibility index (Phi) is 8.53. The SMILES string of the molecule is CCCOc1ccc(N(CC(=O)NC(C)c2ccc(OCC)cc2)S(C)(=O)=O)cc1. The fourth-order valence-corrected chi connectivity index (χ4v) is 3.71. The molecule has 1 unspecified atom stereocenters. The first-order valence-electron chi connectivity index (χ1n) is 9.97. The van der Waals surface area contributed by atoms with E-state index >= 15 is 0 Å². The third-order valence-electron chi connectivity index (χ3n) is 4.35. The van der Waals surface area contributed by atoms with E-state index in [4.69, 9.17) is 9.47 Å². The molecule has 7 nitrogen and oxygen atoms in total. The van der Waals surface area contributed by atoms with Gasteiger partial charge in [0.1, 0.15) is 18.0 Å². The molecule has 2 aromatic carbocycles. The number of nitrogens with one attached hydrogen (secondary N) is 1. The van der Waals surface area contributed by atoms with Gasteiger partial charge in [0.15, 0.2) is 0 Å². The predicted molar refractivity (Wildman–Crippen MR) is 119 cm³/mol. The van der Waals surface area contributed by atoms with E-state index in [-0.39, 0.29) is 12.6 Å². The largest absolute Gasteiger partial charge is 0.494 e. The molecule has 0 heterocycles. The molecule has 1 atom stereocenters. The Morgan fingerprint density at radius 1 is 1.00 bits per heavy atom. The number of sulfonamides is 1. The molecule has 0 aromatic heterocycles. The van der Waals surface area contributed by atoms with Crippen LogP contribution in [0.1, 0.15) is 38.8 Å². The molecular formula is C22H30N2O5S. The highest BCUT2D eigenvalue weighted by Gasteiger charge is 2.22. The van der Waals surface area contributed by atoms with Gasteiger partial charge in [-0.05, 0) is 62.2 Å². The van der Waals surface area contributed by atoms with Crippen LogP contribution in [0.5, 0.6) is 11.5 Å². The zero-order valence-electron chi connectivity index (χ0n) is 17.9. The summed E-state index contributed by atoms with van der Waals surface area (Å²) < 4.78 is 36.6. The minimum absolute atomic E-state index is 0.278. The molecule has 0 fully saturated rings. The molecule has 1 N–H and O–H groups in total. The van der Waals surface area contributed by atoms with Gasteiger partial charge in [-0.15, -0.1) is 0 Å². The van der Waals surface area contributed by atoms with Crippen molar-refractivity contribution in [3.63, 3.8) is 0 Å². The number of carbonyl (C=O) groups excluding carboxylic acids is 1. The van der Waals surface area contributed by atoms with Crippen molar-refractivity contribution >= 4 is 21.6 Å². The molecular weight excluding hydrogens is 404 g/mol. The van der Waals surface area contributed by atoms with Crippen LogP contribution in [0.15, 0.2) is 48.5 Å². The Labute approximate surface area is 179 Å². The van der Waals surface area contributed by atoms with E-state index in [1.54, 1.807) is 24.3 Å². The van der Waals surface area contributed by atoms with Gasteiger partial charge in [-0.2, -0.15) is 0 Å². The van der Waals surface area contributed by atoms with Crippen molar-refractivity contribution in [1.82, 2.24) is 5.32 Å². The van der Waals surface area contributed by atoms with Crippen LogP contribution in [0.25, 0.3) is 0 Å². The highest BCUT2D eigenvalue weighted by molar-refractivity contribution is 7.92. The molecule has 0 radical (unpaired) electrons. The Morgan fingerprint density at radius 3 is 2.10 bits per heavy atom. The number of ether oxygens (including phenoxy) is 2. The van der Waals surface area contributed by atoms with E-state index in [1.807, 2.05) is 45.0 Å². The van der Waals surface area contributed by atoms with Crippen molar-refractivity contribution in [3.05, 3.63) is 54.1 Å². The van der Waals surface area contributed by atoms with Gasteiger partial charge < -0.3 is 14.8 Å². The standard InChI is InChI=1S/C22H30N2O5S/c1-5-15-29-21-13-9-19(10-14-21)24(30(4,26)27)16-22(25)23-17(3)18-7-11-20(12-8-18)28-6-2/h7-14,17H,5-6,15-16H2,1-4H3,(H,23,25). The lowest BCUT2D eigenvalue weighted by Crippen LogP contribution is -2.41. The van der Waals surface area contributed by atoms with Gasteiger partial charge >= 0.3 is 0 Å². The smallest absolute Gasteiger partial charge is 0.241 e. The van der Waals surface area contributed by atoms with Crippen LogP contribution in [-0.2, 0) is 14.8 Å². The minimum atomic E-state index is -3.64. The van der Waals surface area contributed by atoms with Crippen molar-refractivity contribution in [2.45, 2.75) is 33.2 Å². The maximum Gasteiger partial charge on any atom is 0.241 e. The number of hydrogen-bond donors (Lipinski definition) is 1. The normalized spacial score (nSPS) is 12.1. The summed E-state index contributed by atoms with van der Waals surface area (Å²) in [6, 6.07) is 13.8. The molecule has 0 bridgehead atoms. The quantitative estimate of drug-likeness (QED) is 0.585. The summed E-state index contributed by atoms with van der Waals surface area (Å²) in [7, 11) is -3.64. The minimum Gasteiger partial charge on any atom is -0.494 e. The first-order valence-corrected chi connectivity index (χ1v) is 11.8. The van der Waals surface area contributed by atoms with Crippen molar-refractivity contribution in [2.24, 2.45) is 0 Å². The first-order chi connectivity index (χ1) is 14.2. The molecule has 2 aromatic rings. The van der Waals surface area contributed by atoms with Crippen LogP contribution < -0.4 is 19.1 Å². The second-order valence-electron chi connectivity index (χ2n) is 6.90. The highest BCUT2D eigenvalue weighted by Crippen LogP contribution is 2.22. The topological polar surface area (TPSA) is 84.9 Å². The lowest BCUT2D eigenvalue weighted by molar-refractivity contribution is -0.120. The molecule has 0 aliphatic heterocycles. The number of rotatable bonds is 11. The zero-order chi connectivity index (χ0) is 22.1. The van der Waals surface area contributed by atoms with Crippen molar-refractivity contribution < 1.29 is 22.7 Å². The van der Waals surface area contributed by atoms with Gasteiger partial charge in [-0.1, -0.05) is 19.1 Å². The van der Waals surface area contributed by atoms with Crippen LogP contribution in [0.4, 0.5) is 5.69 Å². The number of amides is 1. The molecule has 0 spiro atoms. The molecule has 1 amide bonds. The lowest BCUT2D eigenvalue weighted by atomic mass is 10.1. The van der Waals surface area contributed by atoms with E-state index in [1.165, 1.54) is 0 Å². The average molecular weight is 435 g/mol. The third-order valence-corrected chi connectivity index (χ3v) is 5.49. The van der Waals surface area contributed by atoms with Crippen molar-refractivity contribution in [2.75, 3.05) is 30.3 Å². The van der Waals surface area contributed by atoms with Crippen molar-refractivity contribution in [1.29, 1.82) is 0 Å². The summed E-state index contributed by atoms with van der Waals surface area (Å²) in [6.07, 6.45) is 1.96. The maximum absolute atomic E-state index is 12.6. The van der Waals surface area contributed by atoms with E-state index in [2.05, 4.69) is 5.32 Å². The van der Waals surface area contributed by atoms with Crippen LogP contribution in [0, 0.1) is 0 Å². The van der Waals surface area contributed by atoms with Gasteiger partial charge in [-0.25, -0.2) is 8.42 Å². The number of benzene rings is 2. The van der Waals surface area contributed by atoms with Gasteiger partial charge in [0, 0.05) is 0 Å². The fourth-order valence-electron chi connectivity index (χ4n) is 2.85. The Bertz CT molecular complexity index is 912. The molecule has 0 saturated heterocycles. The molecule has 2 rings (SSSR count). The molecule has 0 aliphatic carbocycles. The number of carbonyl (C=O) groups is 1. The monoisotopic (exact) mass is 434 g/mol. The van der Waals surface area contributed by atoms with Gasteiger partial charge in [0.2, 0.25) is 15.9 Å². The van der Waals surface area contributed by atoms with E-state index in [0.717, 1.165) is 28.3 Å². The zero-order valence-corrected chi connectivity index (χ0v) is 18.7. The Hall–Kier alpha value is -2.74. The Balaban J connectivity index is 2.06. The first kappa shape index (κ1) is 23.5. The number of nitrogens with zero attached hydrogens (tertiary/aromatic N) is 1. The van der Waals surface area contributed by atoms with E-state index in [0.29, 0.717) is 24.7 Å². The van der Waals surface area contributed by atoms with Crippen molar-refractivity contribution in [3.8, 4) is 11.5 Å². The van der Waals surface area contributed by atoms with Gasteiger partial charge in [-0.3, -0.25) is 9.10 Å². The third kappa shape index (κ3) is 6.95. The van der Waals surface area contributed by atoms with Gasteiger partial charge in [0.25, 0.3) is 0 Å². The summed E-state index contributed by atoms with van der Waals surface area (Å²) in [4.78, 5) is 12.6. The summed E-state index contributed by atoms with van der Waals surface area (Å²) >= 11 is 0. The lowest BCUT2D eigenvalue weighted by Gasteiger charge is -2.23. The van der Waals surface area contributed by atoms with Crippen LogP contribution in [-0.4, -0.2) is 40.3 Å². The van der Waals surface area contributed by atoms with Gasteiger partial charge in [0.05, 0.1) is 31.2 Å². The highest BCUT2D eigenvalue weighted by atomic mass is 32.2. The average Bonchev–Trinajstić information content (AvgIpc) is 2.71. The van der Waals surface area contributed by atoms with E-state index < -0.39 is 15.9 Å². The molecule has 0 saturated carbocycles. The predicted octanol–water partition coefficient (Wildman–Crippen LogP) is 3.52. The summed E-state index contributed by atoms with van der Waals surface area (Å²) in [5.41, 5.74) is 1.31. The molecule has 30 heavy (non-hydrogen) atoms. The van der Waals surface area contributed by atoms with Crippen LogP contribution in [0.2, 0.25) is 0 Å². The fraction of sp³-hybridized carbons (Fsp3) is 0.409. The van der Waals surface area contributed by atoms with Crippen LogP contribution in [0.3, 0.4) is 0 Å². The maximum atomic E-state index is 12.6. The second kappa shape index (κ2) is 10.9. The molecule has 164 valence electrons.